The second-order valence-corrected chi connectivity index (χ2v) is 7.24. The van der Waals surface area contributed by atoms with Gasteiger partial charge in [0.25, 0.3) is 0 Å². The lowest BCUT2D eigenvalue weighted by Gasteiger charge is -2.26. The Morgan fingerprint density at radius 2 is 2.00 bits per heavy atom. The molecule has 25 heavy (non-hydrogen) atoms. The summed E-state index contributed by atoms with van der Waals surface area (Å²) in [6.07, 6.45) is 5.75. The molecule has 0 radical (unpaired) electrons. The van der Waals surface area contributed by atoms with Crippen LogP contribution in [0.1, 0.15) is 10.7 Å². The predicted molar refractivity (Wildman–Crippen MR) is 96.5 cm³/mol. The lowest BCUT2D eigenvalue weighted by atomic mass is 10.1. The smallest absolute Gasteiger partial charge is 0.228 e. The van der Waals surface area contributed by atoms with Gasteiger partial charge in [-0.3, -0.25) is 14.8 Å². The Morgan fingerprint density at radius 3 is 2.76 bits per heavy atom. The molecule has 7 heteroatoms. The maximum absolute atomic E-state index is 12.4. The van der Waals surface area contributed by atoms with Crippen molar-refractivity contribution in [2.45, 2.75) is 13.3 Å². The Labute approximate surface area is 149 Å². The number of morpholine rings is 1. The van der Waals surface area contributed by atoms with E-state index in [0.29, 0.717) is 32.7 Å². The van der Waals surface area contributed by atoms with E-state index in [1.807, 2.05) is 30.3 Å². The van der Waals surface area contributed by atoms with Gasteiger partial charge in [-0.15, -0.1) is 11.3 Å². The summed E-state index contributed by atoms with van der Waals surface area (Å²) in [6, 6.07) is 4.04. The van der Waals surface area contributed by atoms with Crippen molar-refractivity contribution in [3.63, 3.8) is 0 Å². The molecule has 0 aliphatic carbocycles. The van der Waals surface area contributed by atoms with E-state index in [1.54, 1.807) is 17.5 Å². The average Bonchev–Trinajstić information content (AvgIpc) is 3.08. The second kappa shape index (κ2) is 6.85. The fraction of sp³-hybridized carbons (Fsp3) is 0.333. The number of thiazole rings is 1. The first-order chi connectivity index (χ1) is 12.2. The largest absolute Gasteiger partial charge is 0.378 e. The maximum atomic E-state index is 12.4. The van der Waals surface area contributed by atoms with E-state index in [1.165, 1.54) is 0 Å². The van der Waals surface area contributed by atoms with Gasteiger partial charge in [0.1, 0.15) is 0 Å². The number of aryl methyl sites for hydroxylation is 1. The topological polar surface area (TPSA) is 68.2 Å². The number of amides is 1. The molecule has 0 unspecified atom stereocenters. The van der Waals surface area contributed by atoms with Gasteiger partial charge in [-0.2, -0.15) is 0 Å². The van der Waals surface area contributed by atoms with E-state index in [4.69, 9.17) is 4.74 Å². The number of hydrogen-bond acceptors (Lipinski definition) is 6. The highest BCUT2D eigenvalue weighted by atomic mass is 32.1. The summed E-state index contributed by atoms with van der Waals surface area (Å²) in [5.74, 6) is 0.0948. The van der Waals surface area contributed by atoms with Crippen molar-refractivity contribution < 1.29 is 9.53 Å². The summed E-state index contributed by atoms with van der Waals surface area (Å²) < 4.78 is 5.29. The Hall–Kier alpha value is -2.38. The zero-order valence-electron chi connectivity index (χ0n) is 13.9. The quantitative estimate of drug-likeness (QED) is 0.723. The van der Waals surface area contributed by atoms with Crippen molar-refractivity contribution in [3.05, 3.63) is 41.4 Å². The lowest BCUT2D eigenvalue weighted by Crippen LogP contribution is -2.41. The van der Waals surface area contributed by atoms with E-state index < -0.39 is 0 Å². The molecule has 1 amide bonds. The number of ether oxygens (including phenoxy) is 1. The van der Waals surface area contributed by atoms with Gasteiger partial charge in [-0.25, -0.2) is 4.98 Å². The number of carbonyl (C=O) groups is 1. The third-order valence-corrected chi connectivity index (χ3v) is 5.19. The number of carbonyl (C=O) groups excluding carboxylic acids is 1. The average molecular weight is 354 g/mol. The first kappa shape index (κ1) is 16.1. The number of hydrogen-bond donors (Lipinski definition) is 0. The molecule has 4 heterocycles. The molecule has 0 bridgehead atoms. The summed E-state index contributed by atoms with van der Waals surface area (Å²) in [4.78, 5) is 28.5. The van der Waals surface area contributed by atoms with Gasteiger partial charge in [-0.05, 0) is 19.1 Å². The van der Waals surface area contributed by atoms with Crippen LogP contribution in [0.4, 0.5) is 0 Å². The van der Waals surface area contributed by atoms with Gasteiger partial charge in [0.05, 0.1) is 46.9 Å². The van der Waals surface area contributed by atoms with Crippen LogP contribution in [-0.2, 0) is 16.0 Å². The maximum Gasteiger partial charge on any atom is 0.228 e. The summed E-state index contributed by atoms with van der Waals surface area (Å²) in [5, 5.41) is 2.02. The van der Waals surface area contributed by atoms with Crippen LogP contribution in [0.3, 0.4) is 0 Å². The SMILES string of the molecule is Cc1ncc(-c2cnc3cnc(CC(=O)N4CCOCC4)cc3c2)s1. The molecule has 128 valence electrons. The molecule has 0 atom stereocenters. The fourth-order valence-corrected chi connectivity index (χ4v) is 3.64. The first-order valence-electron chi connectivity index (χ1n) is 8.22. The molecule has 3 aromatic heterocycles. The fourth-order valence-electron chi connectivity index (χ4n) is 2.88. The Kier molecular flexibility index (Phi) is 4.42. The van der Waals surface area contributed by atoms with Crippen molar-refractivity contribution in [1.82, 2.24) is 19.9 Å². The van der Waals surface area contributed by atoms with Crippen LogP contribution in [0.15, 0.2) is 30.7 Å². The Morgan fingerprint density at radius 1 is 1.16 bits per heavy atom. The number of fused-ring (bicyclic) bond motifs is 1. The van der Waals surface area contributed by atoms with Gasteiger partial charge < -0.3 is 9.64 Å². The highest BCUT2D eigenvalue weighted by molar-refractivity contribution is 7.15. The zero-order chi connectivity index (χ0) is 17.2. The first-order valence-corrected chi connectivity index (χ1v) is 9.04. The molecule has 3 aromatic rings. The van der Waals surface area contributed by atoms with Gasteiger partial charge in [0.15, 0.2) is 0 Å². The predicted octanol–water partition coefficient (Wildman–Crippen LogP) is 2.46. The van der Waals surface area contributed by atoms with Crippen LogP contribution in [0.25, 0.3) is 21.3 Å². The highest BCUT2D eigenvalue weighted by Gasteiger charge is 2.17. The van der Waals surface area contributed by atoms with Crippen LogP contribution in [0.2, 0.25) is 0 Å². The summed E-state index contributed by atoms with van der Waals surface area (Å²) in [7, 11) is 0. The minimum absolute atomic E-state index is 0.0948. The normalized spacial score (nSPS) is 14.8. The van der Waals surface area contributed by atoms with Crippen molar-refractivity contribution in [2.24, 2.45) is 0 Å². The summed E-state index contributed by atoms with van der Waals surface area (Å²) in [5.41, 5.74) is 2.63. The summed E-state index contributed by atoms with van der Waals surface area (Å²) in [6.45, 7) is 4.52. The van der Waals surface area contributed by atoms with Crippen LogP contribution in [-0.4, -0.2) is 52.1 Å². The third-order valence-electron chi connectivity index (χ3n) is 4.23. The van der Waals surface area contributed by atoms with Gasteiger partial charge in [-0.1, -0.05) is 0 Å². The second-order valence-electron chi connectivity index (χ2n) is 6.01. The Balaban J connectivity index is 1.59. The van der Waals surface area contributed by atoms with Gasteiger partial charge >= 0.3 is 0 Å². The number of pyridine rings is 2. The van der Waals surface area contributed by atoms with Crippen LogP contribution in [0, 0.1) is 6.92 Å². The van der Waals surface area contributed by atoms with Crippen molar-refractivity contribution in [3.8, 4) is 10.4 Å². The van der Waals surface area contributed by atoms with E-state index in [9.17, 15) is 4.79 Å². The van der Waals surface area contributed by atoms with E-state index in [-0.39, 0.29) is 5.91 Å². The van der Waals surface area contributed by atoms with E-state index >= 15 is 0 Å². The van der Waals surface area contributed by atoms with Crippen molar-refractivity contribution in [1.29, 1.82) is 0 Å². The minimum Gasteiger partial charge on any atom is -0.378 e. The summed E-state index contributed by atoms with van der Waals surface area (Å²) >= 11 is 1.64. The zero-order valence-corrected chi connectivity index (χ0v) is 14.8. The molecule has 0 N–H and O–H groups in total. The molecule has 1 aliphatic rings. The van der Waals surface area contributed by atoms with Crippen LogP contribution in [0.5, 0.6) is 0 Å². The minimum atomic E-state index is 0.0948. The molecule has 6 nitrogen and oxygen atoms in total. The van der Waals surface area contributed by atoms with Crippen molar-refractivity contribution in [2.75, 3.05) is 26.3 Å². The number of aromatic nitrogens is 3. The van der Waals surface area contributed by atoms with Crippen LogP contribution < -0.4 is 0 Å². The number of rotatable bonds is 3. The molecule has 0 aromatic carbocycles. The molecule has 1 aliphatic heterocycles. The molecule has 4 rings (SSSR count). The lowest BCUT2D eigenvalue weighted by molar-refractivity contribution is -0.134. The highest BCUT2D eigenvalue weighted by Crippen LogP contribution is 2.27. The molecule has 0 saturated carbocycles. The third kappa shape index (κ3) is 3.52. The van der Waals surface area contributed by atoms with E-state index in [2.05, 4.69) is 21.0 Å². The number of nitrogens with zero attached hydrogens (tertiary/aromatic N) is 4. The standard InChI is InChI=1S/C18H18N4O2S/c1-12-19-11-17(25-12)14-6-13-7-15(20-10-16(13)21-9-14)8-18(23)22-2-4-24-5-3-22/h6-7,9-11H,2-5,8H2,1H3. The van der Waals surface area contributed by atoms with Crippen LogP contribution >= 0.6 is 11.3 Å². The Bertz CT molecular complexity index is 918. The molecule has 0 spiro atoms. The van der Waals surface area contributed by atoms with Crippen molar-refractivity contribution >= 4 is 28.1 Å². The van der Waals surface area contributed by atoms with E-state index in [0.717, 1.165) is 32.0 Å². The molecular formula is C18H18N4O2S. The van der Waals surface area contributed by atoms with Gasteiger partial charge in [0.2, 0.25) is 5.91 Å². The molecule has 1 saturated heterocycles. The molecule has 1 fully saturated rings. The van der Waals surface area contributed by atoms with Gasteiger partial charge in [0, 0.05) is 36.4 Å². The monoisotopic (exact) mass is 354 g/mol. The molecular weight excluding hydrogens is 336 g/mol.